The van der Waals surface area contributed by atoms with Gasteiger partial charge in [0.05, 0.1) is 12.3 Å². The Balaban J connectivity index is 1.86. The maximum absolute atomic E-state index is 13.2. The van der Waals surface area contributed by atoms with Crippen LogP contribution in [0, 0.1) is 20.8 Å². The Labute approximate surface area is 183 Å². The van der Waals surface area contributed by atoms with Crippen molar-refractivity contribution in [3.8, 4) is 0 Å². The molecule has 0 unspecified atom stereocenters. The van der Waals surface area contributed by atoms with E-state index >= 15 is 0 Å². The van der Waals surface area contributed by atoms with Gasteiger partial charge >= 0.3 is 0 Å². The highest BCUT2D eigenvalue weighted by Crippen LogP contribution is 2.20. The highest BCUT2D eigenvalue weighted by Gasteiger charge is 2.20. The van der Waals surface area contributed by atoms with Gasteiger partial charge in [0.15, 0.2) is 0 Å². The van der Waals surface area contributed by atoms with Gasteiger partial charge in [0.25, 0.3) is 11.8 Å². The molecule has 1 heterocycles. The van der Waals surface area contributed by atoms with Gasteiger partial charge in [-0.2, -0.15) is 0 Å². The highest BCUT2D eigenvalue weighted by atomic mass is 16.3. The molecule has 0 aliphatic rings. The van der Waals surface area contributed by atoms with E-state index in [0.717, 1.165) is 11.1 Å². The van der Waals surface area contributed by atoms with Gasteiger partial charge in [0, 0.05) is 11.6 Å². The lowest BCUT2D eigenvalue weighted by molar-refractivity contribution is -0.118. The van der Waals surface area contributed by atoms with Gasteiger partial charge in [-0.25, -0.2) is 0 Å². The van der Waals surface area contributed by atoms with Gasteiger partial charge in [-0.1, -0.05) is 43.3 Å². The Morgan fingerprint density at radius 3 is 2.39 bits per heavy atom. The van der Waals surface area contributed by atoms with Crippen molar-refractivity contribution in [2.45, 2.75) is 40.2 Å². The normalized spacial score (nSPS) is 12.3. The summed E-state index contributed by atoms with van der Waals surface area (Å²) in [4.78, 5) is 26.0. The third-order valence-electron chi connectivity index (χ3n) is 5.36. The summed E-state index contributed by atoms with van der Waals surface area (Å²) in [6.07, 6.45) is 3.78. The lowest BCUT2D eigenvalue weighted by atomic mass is 9.99. The molecule has 5 heteroatoms. The van der Waals surface area contributed by atoms with E-state index < -0.39 is 0 Å². The van der Waals surface area contributed by atoms with Crippen molar-refractivity contribution in [2.75, 3.05) is 0 Å². The Hall–Kier alpha value is -3.60. The first-order valence-corrected chi connectivity index (χ1v) is 10.4. The Morgan fingerprint density at radius 2 is 1.74 bits per heavy atom. The van der Waals surface area contributed by atoms with Crippen molar-refractivity contribution in [1.82, 2.24) is 10.6 Å². The van der Waals surface area contributed by atoms with Crippen molar-refractivity contribution >= 4 is 17.9 Å². The van der Waals surface area contributed by atoms with Crippen LogP contribution in [-0.4, -0.2) is 11.8 Å². The zero-order valence-corrected chi connectivity index (χ0v) is 18.4. The molecule has 0 saturated heterocycles. The number of nitrogens with one attached hydrogen (secondary N) is 2. The smallest absolute Gasteiger partial charge is 0.268 e. The first-order chi connectivity index (χ1) is 14.9. The number of rotatable bonds is 7. The molecule has 1 aromatic heterocycles. The summed E-state index contributed by atoms with van der Waals surface area (Å²) in [5, 5.41) is 5.81. The fourth-order valence-electron chi connectivity index (χ4n) is 3.33. The molecule has 31 heavy (non-hydrogen) atoms. The topological polar surface area (TPSA) is 71.3 Å². The van der Waals surface area contributed by atoms with Gasteiger partial charge < -0.3 is 15.1 Å². The fraction of sp³-hybridized carbons (Fsp3) is 0.231. The molecular weight excluding hydrogens is 388 g/mol. The third kappa shape index (κ3) is 5.51. The average molecular weight is 417 g/mol. The van der Waals surface area contributed by atoms with Crippen LogP contribution < -0.4 is 10.6 Å². The van der Waals surface area contributed by atoms with Crippen LogP contribution in [0.15, 0.2) is 71.0 Å². The van der Waals surface area contributed by atoms with Crippen molar-refractivity contribution < 1.29 is 14.0 Å². The molecule has 0 fully saturated rings. The standard InChI is InChI=1S/C26H28N2O3/c1-5-23(20-13-12-17(2)19(4)15-20)27-26(30)24(16-21-10-8-14-31-21)28-25(29)22-11-7-6-9-18(22)3/h6-16,23H,5H2,1-4H3,(H,27,30)(H,28,29)/b24-16-/t23-/m1/s1. The van der Waals surface area contributed by atoms with E-state index in [0.29, 0.717) is 17.7 Å². The molecule has 0 aliphatic heterocycles. The zero-order valence-electron chi connectivity index (χ0n) is 18.4. The molecule has 2 aromatic carbocycles. The second-order valence-electron chi connectivity index (χ2n) is 7.62. The summed E-state index contributed by atoms with van der Waals surface area (Å²) in [6.45, 7) is 7.99. The number of carbonyl (C=O) groups excluding carboxylic acids is 2. The molecule has 0 aliphatic carbocycles. The Morgan fingerprint density at radius 1 is 0.968 bits per heavy atom. The minimum absolute atomic E-state index is 0.130. The molecule has 0 radical (unpaired) electrons. The quantitative estimate of drug-likeness (QED) is 0.517. The molecule has 3 rings (SSSR count). The predicted octanol–water partition coefficient (Wildman–Crippen LogP) is 5.24. The van der Waals surface area contributed by atoms with E-state index in [9.17, 15) is 9.59 Å². The van der Waals surface area contributed by atoms with Crippen LogP contribution in [0.3, 0.4) is 0 Å². The molecule has 3 aromatic rings. The number of carbonyl (C=O) groups is 2. The van der Waals surface area contributed by atoms with E-state index in [2.05, 4.69) is 36.6 Å². The van der Waals surface area contributed by atoms with Gasteiger partial charge in [0.1, 0.15) is 11.5 Å². The van der Waals surface area contributed by atoms with Crippen molar-refractivity contribution in [3.05, 3.63) is 100 Å². The average Bonchev–Trinajstić information content (AvgIpc) is 3.27. The highest BCUT2D eigenvalue weighted by molar-refractivity contribution is 6.05. The number of amides is 2. The van der Waals surface area contributed by atoms with Crippen LogP contribution in [0.4, 0.5) is 0 Å². The van der Waals surface area contributed by atoms with Crippen LogP contribution in [0.5, 0.6) is 0 Å². The Kier molecular flexibility index (Phi) is 7.08. The van der Waals surface area contributed by atoms with E-state index in [-0.39, 0.29) is 23.6 Å². The fourth-order valence-corrected chi connectivity index (χ4v) is 3.33. The number of furan rings is 1. The first kappa shape index (κ1) is 22.1. The minimum atomic E-state index is -0.372. The largest absolute Gasteiger partial charge is 0.465 e. The molecule has 5 nitrogen and oxygen atoms in total. The van der Waals surface area contributed by atoms with Crippen LogP contribution in [0.1, 0.15) is 57.8 Å². The summed E-state index contributed by atoms with van der Waals surface area (Å²) >= 11 is 0. The molecule has 0 saturated carbocycles. The van der Waals surface area contributed by atoms with Gasteiger partial charge in [-0.15, -0.1) is 0 Å². The second-order valence-corrected chi connectivity index (χ2v) is 7.62. The molecule has 0 bridgehead atoms. The SMILES string of the molecule is CC[C@@H](NC(=O)/C(=C/c1ccco1)NC(=O)c1ccccc1C)c1ccc(C)c(C)c1. The number of aryl methyl sites for hydroxylation is 3. The summed E-state index contributed by atoms with van der Waals surface area (Å²) < 4.78 is 5.36. The van der Waals surface area contributed by atoms with E-state index in [1.54, 1.807) is 30.3 Å². The van der Waals surface area contributed by atoms with E-state index in [1.165, 1.54) is 17.4 Å². The zero-order chi connectivity index (χ0) is 22.4. The predicted molar refractivity (Wildman–Crippen MR) is 122 cm³/mol. The summed E-state index contributed by atoms with van der Waals surface area (Å²) in [5.74, 6) is -0.233. The summed E-state index contributed by atoms with van der Waals surface area (Å²) in [6, 6.07) is 16.7. The van der Waals surface area contributed by atoms with Gasteiger partial charge in [0.2, 0.25) is 0 Å². The van der Waals surface area contributed by atoms with Gasteiger partial charge in [-0.05, 0) is 67.6 Å². The van der Waals surface area contributed by atoms with Gasteiger partial charge in [-0.3, -0.25) is 9.59 Å². The monoisotopic (exact) mass is 416 g/mol. The van der Waals surface area contributed by atoms with E-state index in [4.69, 9.17) is 4.42 Å². The number of hydrogen-bond donors (Lipinski definition) is 2. The lowest BCUT2D eigenvalue weighted by Gasteiger charge is -2.20. The third-order valence-corrected chi connectivity index (χ3v) is 5.36. The maximum atomic E-state index is 13.2. The van der Waals surface area contributed by atoms with Crippen molar-refractivity contribution in [3.63, 3.8) is 0 Å². The molecule has 160 valence electrons. The number of hydrogen-bond acceptors (Lipinski definition) is 3. The number of benzene rings is 2. The molecule has 2 amide bonds. The molecule has 0 spiro atoms. The van der Waals surface area contributed by atoms with Crippen molar-refractivity contribution in [2.24, 2.45) is 0 Å². The van der Waals surface area contributed by atoms with Crippen LogP contribution in [-0.2, 0) is 4.79 Å². The van der Waals surface area contributed by atoms with Crippen LogP contribution >= 0.6 is 0 Å². The minimum Gasteiger partial charge on any atom is -0.465 e. The van der Waals surface area contributed by atoms with Crippen LogP contribution in [0.25, 0.3) is 6.08 Å². The first-order valence-electron chi connectivity index (χ1n) is 10.4. The summed E-state index contributed by atoms with van der Waals surface area (Å²) in [5.41, 5.74) is 4.88. The molecular formula is C26H28N2O3. The summed E-state index contributed by atoms with van der Waals surface area (Å²) in [7, 11) is 0. The maximum Gasteiger partial charge on any atom is 0.268 e. The van der Waals surface area contributed by atoms with E-state index in [1.807, 2.05) is 32.0 Å². The lowest BCUT2D eigenvalue weighted by Crippen LogP contribution is -2.37. The molecule has 2 N–H and O–H groups in total. The Bertz CT molecular complexity index is 1100. The second kappa shape index (κ2) is 9.94. The van der Waals surface area contributed by atoms with Crippen LogP contribution in [0.2, 0.25) is 0 Å². The van der Waals surface area contributed by atoms with Crippen molar-refractivity contribution in [1.29, 1.82) is 0 Å². The molecule has 1 atom stereocenters.